The van der Waals surface area contributed by atoms with Crippen molar-refractivity contribution >= 4 is 0 Å². The highest BCUT2D eigenvalue weighted by Crippen LogP contribution is 2.39. The Morgan fingerprint density at radius 1 is 0.750 bits per heavy atom. The Morgan fingerprint density at radius 2 is 1.25 bits per heavy atom. The molecule has 0 aromatic carbocycles. The van der Waals surface area contributed by atoms with Gasteiger partial charge in [0, 0.05) is 11.8 Å². The molecular formula is C16H20N4. The summed E-state index contributed by atoms with van der Waals surface area (Å²) in [6, 6.07) is 8.35. The molecule has 4 heteroatoms. The zero-order chi connectivity index (χ0) is 13.9. The quantitative estimate of drug-likeness (QED) is 0.838. The number of aryl methyl sites for hydroxylation is 2. The molecule has 2 aromatic rings. The van der Waals surface area contributed by atoms with Crippen molar-refractivity contribution in [1.82, 2.24) is 20.4 Å². The first-order valence-corrected chi connectivity index (χ1v) is 7.33. The van der Waals surface area contributed by atoms with Gasteiger partial charge in [-0.05, 0) is 57.4 Å². The zero-order valence-corrected chi connectivity index (χ0v) is 12.1. The van der Waals surface area contributed by atoms with E-state index in [2.05, 4.69) is 44.7 Å². The van der Waals surface area contributed by atoms with E-state index in [4.69, 9.17) is 0 Å². The van der Waals surface area contributed by atoms with E-state index in [1.165, 1.54) is 19.3 Å². The van der Waals surface area contributed by atoms with Crippen LogP contribution in [0.1, 0.15) is 60.3 Å². The van der Waals surface area contributed by atoms with Crippen molar-refractivity contribution in [1.29, 1.82) is 0 Å². The number of hydrogen-bond donors (Lipinski definition) is 0. The molecule has 2 heterocycles. The van der Waals surface area contributed by atoms with Crippen LogP contribution in [0.4, 0.5) is 0 Å². The maximum atomic E-state index is 4.36. The first-order chi connectivity index (χ1) is 9.72. The second-order valence-corrected chi connectivity index (χ2v) is 5.76. The molecule has 0 bridgehead atoms. The van der Waals surface area contributed by atoms with E-state index in [-0.39, 0.29) is 0 Å². The zero-order valence-electron chi connectivity index (χ0n) is 12.1. The van der Waals surface area contributed by atoms with Gasteiger partial charge in [0.25, 0.3) is 0 Å². The molecule has 1 aliphatic carbocycles. The molecule has 4 nitrogen and oxygen atoms in total. The average Bonchev–Trinajstić information content (AvgIpc) is 2.49. The minimum atomic E-state index is 0.505. The lowest BCUT2D eigenvalue weighted by atomic mass is 9.78. The molecule has 0 N–H and O–H groups in total. The molecule has 0 saturated heterocycles. The molecule has 0 aliphatic heterocycles. The standard InChI is InChI=1S/C16H20N4/c1-11-6-8-15(19-17-11)13-4-3-5-14(10-13)16-9-7-12(2)18-20-16/h6-9,13-14H,3-5,10H2,1-2H3/t13-,14+. The van der Waals surface area contributed by atoms with Gasteiger partial charge in [-0.3, -0.25) is 0 Å². The van der Waals surface area contributed by atoms with Crippen LogP contribution in [0.2, 0.25) is 0 Å². The minimum absolute atomic E-state index is 0.505. The van der Waals surface area contributed by atoms with Crippen LogP contribution in [-0.4, -0.2) is 20.4 Å². The number of aromatic nitrogens is 4. The van der Waals surface area contributed by atoms with Crippen LogP contribution in [0, 0.1) is 13.8 Å². The van der Waals surface area contributed by atoms with E-state index in [9.17, 15) is 0 Å². The molecule has 3 rings (SSSR count). The molecule has 0 spiro atoms. The molecule has 0 amide bonds. The normalized spacial score (nSPS) is 22.7. The number of hydrogen-bond acceptors (Lipinski definition) is 4. The summed E-state index contributed by atoms with van der Waals surface area (Å²) in [5.74, 6) is 1.01. The molecule has 1 fully saturated rings. The van der Waals surface area contributed by atoms with Gasteiger partial charge in [-0.1, -0.05) is 6.42 Å². The Hall–Kier alpha value is -1.84. The van der Waals surface area contributed by atoms with Crippen molar-refractivity contribution in [3.05, 3.63) is 47.0 Å². The molecule has 0 radical (unpaired) electrons. The van der Waals surface area contributed by atoms with Crippen molar-refractivity contribution in [3.63, 3.8) is 0 Å². The third kappa shape index (κ3) is 2.84. The summed E-state index contributed by atoms with van der Waals surface area (Å²) >= 11 is 0. The van der Waals surface area contributed by atoms with Crippen molar-refractivity contribution < 1.29 is 0 Å². The monoisotopic (exact) mass is 268 g/mol. The summed E-state index contributed by atoms with van der Waals surface area (Å²) in [5, 5.41) is 17.1. The fraction of sp³-hybridized carbons (Fsp3) is 0.500. The fourth-order valence-corrected chi connectivity index (χ4v) is 2.98. The molecule has 0 unspecified atom stereocenters. The summed E-state index contributed by atoms with van der Waals surface area (Å²) in [4.78, 5) is 0. The largest absolute Gasteiger partial charge is 0.156 e. The smallest absolute Gasteiger partial charge is 0.0662 e. The van der Waals surface area contributed by atoms with E-state index < -0.39 is 0 Å². The molecule has 20 heavy (non-hydrogen) atoms. The second kappa shape index (κ2) is 5.65. The predicted molar refractivity (Wildman–Crippen MR) is 77.5 cm³/mol. The van der Waals surface area contributed by atoms with Gasteiger partial charge in [-0.15, -0.1) is 0 Å². The average molecular weight is 268 g/mol. The van der Waals surface area contributed by atoms with Crippen LogP contribution in [0.15, 0.2) is 24.3 Å². The minimum Gasteiger partial charge on any atom is -0.156 e. The summed E-state index contributed by atoms with van der Waals surface area (Å²) in [6.45, 7) is 3.95. The molecule has 1 saturated carbocycles. The number of rotatable bonds is 2. The molecule has 1 aliphatic rings. The Bertz CT molecular complexity index is 511. The van der Waals surface area contributed by atoms with Crippen molar-refractivity contribution in [2.45, 2.75) is 51.4 Å². The van der Waals surface area contributed by atoms with Crippen molar-refractivity contribution in [3.8, 4) is 0 Å². The van der Waals surface area contributed by atoms with Gasteiger partial charge in [-0.25, -0.2) is 0 Å². The van der Waals surface area contributed by atoms with Crippen LogP contribution in [-0.2, 0) is 0 Å². The summed E-state index contributed by atoms with van der Waals surface area (Å²) in [5.41, 5.74) is 4.21. The van der Waals surface area contributed by atoms with E-state index in [0.717, 1.165) is 29.2 Å². The van der Waals surface area contributed by atoms with Gasteiger partial charge in [0.2, 0.25) is 0 Å². The summed E-state index contributed by atoms with van der Waals surface area (Å²) in [6.07, 6.45) is 4.73. The maximum absolute atomic E-state index is 4.36. The highest BCUT2D eigenvalue weighted by Gasteiger charge is 2.26. The highest BCUT2D eigenvalue weighted by molar-refractivity contribution is 5.16. The SMILES string of the molecule is Cc1ccc([C@@H]2CCC[C@H](c3ccc(C)nn3)C2)nn1. The lowest BCUT2D eigenvalue weighted by Gasteiger charge is -2.28. The molecule has 2 aromatic heterocycles. The topological polar surface area (TPSA) is 51.6 Å². The van der Waals surface area contributed by atoms with Crippen LogP contribution in [0.5, 0.6) is 0 Å². The van der Waals surface area contributed by atoms with Crippen molar-refractivity contribution in [2.75, 3.05) is 0 Å². The third-order valence-corrected chi connectivity index (χ3v) is 4.15. The van der Waals surface area contributed by atoms with Gasteiger partial charge in [0.05, 0.1) is 22.8 Å². The second-order valence-electron chi connectivity index (χ2n) is 5.76. The summed E-state index contributed by atoms with van der Waals surface area (Å²) < 4.78 is 0. The van der Waals surface area contributed by atoms with Crippen LogP contribution in [0.3, 0.4) is 0 Å². The van der Waals surface area contributed by atoms with Gasteiger partial charge >= 0.3 is 0 Å². The third-order valence-electron chi connectivity index (χ3n) is 4.15. The molecular weight excluding hydrogens is 248 g/mol. The Kier molecular flexibility index (Phi) is 3.72. The molecule has 104 valence electrons. The fourth-order valence-electron chi connectivity index (χ4n) is 2.98. The van der Waals surface area contributed by atoms with Crippen molar-refractivity contribution in [2.24, 2.45) is 0 Å². The van der Waals surface area contributed by atoms with Gasteiger partial charge in [0.15, 0.2) is 0 Å². The first-order valence-electron chi connectivity index (χ1n) is 7.33. The lowest BCUT2D eigenvalue weighted by Crippen LogP contribution is -2.15. The highest BCUT2D eigenvalue weighted by atomic mass is 15.1. The van der Waals surface area contributed by atoms with E-state index in [1.54, 1.807) is 0 Å². The van der Waals surface area contributed by atoms with Gasteiger partial charge in [-0.2, -0.15) is 20.4 Å². The Balaban J connectivity index is 1.76. The predicted octanol–water partition coefficient (Wildman–Crippen LogP) is 3.32. The van der Waals surface area contributed by atoms with Gasteiger partial charge < -0.3 is 0 Å². The Morgan fingerprint density at radius 3 is 1.65 bits per heavy atom. The Labute approximate surface area is 119 Å². The van der Waals surface area contributed by atoms with E-state index in [1.807, 2.05) is 13.8 Å². The van der Waals surface area contributed by atoms with Crippen LogP contribution in [0.25, 0.3) is 0 Å². The first kappa shape index (κ1) is 13.2. The number of nitrogens with zero attached hydrogens (tertiary/aromatic N) is 4. The van der Waals surface area contributed by atoms with Gasteiger partial charge in [0.1, 0.15) is 0 Å². The lowest BCUT2D eigenvalue weighted by molar-refractivity contribution is 0.379. The van der Waals surface area contributed by atoms with Crippen LogP contribution >= 0.6 is 0 Å². The summed E-state index contributed by atoms with van der Waals surface area (Å²) in [7, 11) is 0. The molecule has 2 atom stereocenters. The van der Waals surface area contributed by atoms with Crippen LogP contribution < -0.4 is 0 Å². The van der Waals surface area contributed by atoms with E-state index >= 15 is 0 Å². The van der Waals surface area contributed by atoms with E-state index in [0.29, 0.717) is 11.8 Å². The maximum Gasteiger partial charge on any atom is 0.0662 e.